The lowest BCUT2D eigenvalue weighted by atomic mass is 10.0. The van der Waals surface area contributed by atoms with Crippen molar-refractivity contribution in [3.8, 4) is 0 Å². The van der Waals surface area contributed by atoms with Crippen LogP contribution in [-0.4, -0.2) is 38.0 Å². The number of aromatic nitrogens is 2. The number of benzene rings is 2. The minimum Gasteiger partial charge on any atom is -0.381 e. The van der Waals surface area contributed by atoms with E-state index in [4.69, 9.17) is 4.74 Å². The van der Waals surface area contributed by atoms with Crippen molar-refractivity contribution in [2.24, 2.45) is 5.92 Å². The summed E-state index contributed by atoms with van der Waals surface area (Å²) >= 11 is 0. The summed E-state index contributed by atoms with van der Waals surface area (Å²) in [6.45, 7) is 9.25. The summed E-state index contributed by atoms with van der Waals surface area (Å²) in [5, 5.41) is 5.41. The number of anilines is 1. The van der Waals surface area contributed by atoms with Gasteiger partial charge in [-0.1, -0.05) is 39.3 Å². The van der Waals surface area contributed by atoms with Gasteiger partial charge in [0, 0.05) is 31.7 Å². The summed E-state index contributed by atoms with van der Waals surface area (Å²) in [6, 6.07) is 13.3. The molecule has 0 amide bonds. The second kappa shape index (κ2) is 10.3. The fourth-order valence-electron chi connectivity index (χ4n) is 4.39. The molecule has 6 nitrogen and oxygen atoms in total. The zero-order valence-corrected chi connectivity index (χ0v) is 20.7. The molecule has 0 atom stereocenters. The Morgan fingerprint density at radius 2 is 1.85 bits per heavy atom. The molecule has 178 valence electrons. The second-order valence-corrected chi connectivity index (χ2v) is 11.1. The van der Waals surface area contributed by atoms with Crippen molar-refractivity contribution in [3.05, 3.63) is 54.2 Å². The third-order valence-corrected chi connectivity index (χ3v) is 8.36. The van der Waals surface area contributed by atoms with Crippen LogP contribution in [0, 0.1) is 5.92 Å². The lowest BCUT2D eigenvalue weighted by Crippen LogP contribution is -2.32. The Hall–Kier alpha value is -2.38. The van der Waals surface area contributed by atoms with E-state index in [9.17, 15) is 8.42 Å². The highest BCUT2D eigenvalue weighted by molar-refractivity contribution is 7.92. The van der Waals surface area contributed by atoms with Gasteiger partial charge in [-0.05, 0) is 67.0 Å². The van der Waals surface area contributed by atoms with E-state index in [1.54, 1.807) is 22.6 Å². The summed E-state index contributed by atoms with van der Waals surface area (Å²) in [5.74, 6) is 0.948. The number of fused-ring (bicyclic) bond motifs is 1. The predicted molar refractivity (Wildman–Crippen MR) is 133 cm³/mol. The van der Waals surface area contributed by atoms with Gasteiger partial charge >= 0.3 is 0 Å². The van der Waals surface area contributed by atoms with Crippen LogP contribution in [0.4, 0.5) is 5.69 Å². The minimum absolute atomic E-state index is 0.310. The topological polar surface area (TPSA) is 64.4 Å². The van der Waals surface area contributed by atoms with Gasteiger partial charge in [-0.15, -0.1) is 0 Å². The van der Waals surface area contributed by atoms with Crippen LogP contribution in [0.25, 0.3) is 10.9 Å². The fourth-order valence-corrected chi connectivity index (χ4v) is 5.93. The van der Waals surface area contributed by atoms with Gasteiger partial charge in [-0.25, -0.2) is 8.42 Å². The van der Waals surface area contributed by atoms with Crippen LogP contribution >= 0.6 is 0 Å². The summed E-state index contributed by atoms with van der Waals surface area (Å²) in [4.78, 5) is 0.310. The van der Waals surface area contributed by atoms with E-state index < -0.39 is 10.0 Å². The number of hydrogen-bond acceptors (Lipinski definition) is 4. The average molecular weight is 470 g/mol. The van der Waals surface area contributed by atoms with E-state index in [0.717, 1.165) is 56.3 Å². The number of nitrogens with zero attached hydrogens (tertiary/aromatic N) is 3. The van der Waals surface area contributed by atoms with E-state index in [-0.39, 0.29) is 0 Å². The van der Waals surface area contributed by atoms with Gasteiger partial charge in [0.15, 0.2) is 0 Å². The molecule has 0 spiro atoms. The molecule has 1 aliphatic rings. The molecule has 2 heterocycles. The van der Waals surface area contributed by atoms with E-state index in [2.05, 4.69) is 25.9 Å². The summed E-state index contributed by atoms with van der Waals surface area (Å²) in [5.41, 5.74) is 2.88. The standard InChI is InChI=1S/C26H35N3O3S/c1-4-5-14-29(24-8-6-22(7-9-24)20(2)3)33(30,31)25-10-11-26-23(17-25)18-27-28(26)19-21-12-15-32-16-13-21/h6-11,17-18,20-21H,4-5,12-16,19H2,1-3H3. The Labute approximate surface area is 197 Å². The summed E-state index contributed by atoms with van der Waals surface area (Å²) in [7, 11) is -3.69. The molecular weight excluding hydrogens is 434 g/mol. The number of ether oxygens (including phenoxy) is 1. The van der Waals surface area contributed by atoms with Gasteiger partial charge in [0.2, 0.25) is 0 Å². The molecule has 3 aromatic rings. The zero-order chi connectivity index (χ0) is 23.4. The lowest BCUT2D eigenvalue weighted by Gasteiger charge is -2.25. The monoisotopic (exact) mass is 469 g/mol. The summed E-state index contributed by atoms with van der Waals surface area (Å²) in [6.07, 6.45) is 5.58. The third kappa shape index (κ3) is 5.25. The molecule has 2 aromatic carbocycles. The predicted octanol–water partition coefficient (Wildman–Crippen LogP) is 5.58. The second-order valence-electron chi connectivity index (χ2n) is 9.28. The maximum atomic E-state index is 13.7. The van der Waals surface area contributed by atoms with E-state index in [1.807, 2.05) is 35.0 Å². The minimum atomic E-state index is -3.69. The van der Waals surface area contributed by atoms with Crippen molar-refractivity contribution in [2.75, 3.05) is 24.1 Å². The first-order chi connectivity index (χ1) is 15.9. The molecule has 0 saturated carbocycles. The van der Waals surface area contributed by atoms with Crippen LogP contribution in [-0.2, 0) is 21.3 Å². The van der Waals surface area contributed by atoms with E-state index >= 15 is 0 Å². The highest BCUT2D eigenvalue weighted by Crippen LogP contribution is 2.29. The van der Waals surface area contributed by atoms with Gasteiger partial charge in [-0.2, -0.15) is 5.10 Å². The van der Waals surface area contributed by atoms with Crippen LogP contribution < -0.4 is 4.31 Å². The molecule has 7 heteroatoms. The first-order valence-corrected chi connectivity index (χ1v) is 13.5. The lowest BCUT2D eigenvalue weighted by molar-refractivity contribution is 0.0605. The highest BCUT2D eigenvalue weighted by Gasteiger charge is 2.25. The Morgan fingerprint density at radius 1 is 1.12 bits per heavy atom. The molecule has 0 bridgehead atoms. The van der Waals surface area contributed by atoms with Crippen molar-refractivity contribution < 1.29 is 13.2 Å². The van der Waals surface area contributed by atoms with Gasteiger partial charge in [0.25, 0.3) is 10.0 Å². The SMILES string of the molecule is CCCCN(c1ccc(C(C)C)cc1)S(=O)(=O)c1ccc2c(cnn2CC2CCOCC2)c1. The van der Waals surface area contributed by atoms with E-state index in [0.29, 0.717) is 29.0 Å². The molecule has 0 aliphatic carbocycles. The molecule has 1 fully saturated rings. The smallest absolute Gasteiger partial charge is 0.264 e. The Morgan fingerprint density at radius 3 is 2.52 bits per heavy atom. The Bertz CT molecular complexity index is 1160. The number of unbranched alkanes of at least 4 members (excludes halogenated alkanes) is 1. The Kier molecular flexibility index (Phi) is 7.39. The maximum absolute atomic E-state index is 13.7. The quantitative estimate of drug-likeness (QED) is 0.410. The first-order valence-electron chi connectivity index (χ1n) is 12.1. The average Bonchev–Trinajstić information content (AvgIpc) is 3.22. The van der Waals surface area contributed by atoms with Crippen molar-refractivity contribution in [2.45, 2.75) is 63.8 Å². The summed E-state index contributed by atoms with van der Waals surface area (Å²) < 4.78 is 36.4. The molecule has 0 radical (unpaired) electrons. The van der Waals surface area contributed by atoms with Crippen molar-refractivity contribution >= 4 is 26.6 Å². The molecule has 0 N–H and O–H groups in total. The fraction of sp³-hybridized carbons (Fsp3) is 0.500. The molecule has 33 heavy (non-hydrogen) atoms. The number of hydrogen-bond donors (Lipinski definition) is 0. The molecule has 1 aliphatic heterocycles. The molecular formula is C26H35N3O3S. The van der Waals surface area contributed by atoms with E-state index in [1.165, 1.54) is 5.56 Å². The largest absolute Gasteiger partial charge is 0.381 e. The number of sulfonamides is 1. The Balaban J connectivity index is 1.63. The first kappa shape index (κ1) is 23.8. The van der Waals surface area contributed by atoms with Crippen LogP contribution in [0.2, 0.25) is 0 Å². The van der Waals surface area contributed by atoms with Crippen LogP contribution in [0.5, 0.6) is 0 Å². The van der Waals surface area contributed by atoms with Gasteiger partial charge in [-0.3, -0.25) is 8.99 Å². The van der Waals surface area contributed by atoms with Crippen molar-refractivity contribution in [1.29, 1.82) is 0 Å². The molecule has 1 aromatic heterocycles. The van der Waals surface area contributed by atoms with Crippen LogP contribution in [0.15, 0.2) is 53.6 Å². The normalized spacial score (nSPS) is 15.4. The van der Waals surface area contributed by atoms with Gasteiger partial charge < -0.3 is 4.74 Å². The molecule has 4 rings (SSSR count). The number of rotatable bonds is 9. The molecule has 1 saturated heterocycles. The van der Waals surface area contributed by atoms with Gasteiger partial charge in [0.05, 0.1) is 22.3 Å². The maximum Gasteiger partial charge on any atom is 0.264 e. The van der Waals surface area contributed by atoms with Crippen LogP contribution in [0.3, 0.4) is 0 Å². The third-order valence-electron chi connectivity index (χ3n) is 6.54. The van der Waals surface area contributed by atoms with Crippen LogP contribution in [0.1, 0.15) is 57.9 Å². The van der Waals surface area contributed by atoms with Crippen molar-refractivity contribution in [3.63, 3.8) is 0 Å². The molecule has 0 unspecified atom stereocenters. The van der Waals surface area contributed by atoms with Crippen molar-refractivity contribution in [1.82, 2.24) is 9.78 Å². The zero-order valence-electron chi connectivity index (χ0n) is 19.9. The highest BCUT2D eigenvalue weighted by atomic mass is 32.2. The van der Waals surface area contributed by atoms with Gasteiger partial charge in [0.1, 0.15) is 0 Å².